The zero-order valence-electron chi connectivity index (χ0n) is 30.4. The molecule has 0 atom stereocenters. The standard InChI is InChI=1S/C48H44N2/c1-29-13-9-14-30(2)45(29)49(46-31(3)15-10-16-32(46)4)41-27-23-37-22-26-40-42(28-24-38-21-25-39(41)43(37)44(38)40)50(47-33(5)17-11-18-34(47)6)48-35(7)19-12-20-36(48)8/h9-28H,1-8H3. The molecule has 0 saturated carbocycles. The van der Waals surface area contributed by atoms with Gasteiger partial charge in [-0.05, 0) is 134 Å². The molecule has 0 N–H and O–H groups in total. The molecule has 0 aliphatic heterocycles. The summed E-state index contributed by atoms with van der Waals surface area (Å²) in [6.45, 7) is 17.9. The van der Waals surface area contributed by atoms with Crippen LogP contribution >= 0.6 is 0 Å². The number of hydrogen-bond donors (Lipinski definition) is 0. The van der Waals surface area contributed by atoms with Crippen LogP contribution in [0.1, 0.15) is 44.5 Å². The average molecular weight is 649 g/mol. The fourth-order valence-electron chi connectivity index (χ4n) is 8.50. The lowest BCUT2D eigenvalue weighted by atomic mass is 9.90. The molecule has 0 spiro atoms. The Balaban J connectivity index is 1.48. The summed E-state index contributed by atoms with van der Waals surface area (Å²) >= 11 is 0. The van der Waals surface area contributed by atoms with Gasteiger partial charge in [0.15, 0.2) is 0 Å². The first-order valence-electron chi connectivity index (χ1n) is 17.7. The van der Waals surface area contributed by atoms with Crippen LogP contribution in [-0.2, 0) is 0 Å². The molecule has 0 saturated heterocycles. The Morgan fingerprint density at radius 1 is 0.280 bits per heavy atom. The van der Waals surface area contributed by atoms with Gasteiger partial charge in [0.1, 0.15) is 0 Å². The molecule has 0 heterocycles. The van der Waals surface area contributed by atoms with E-state index in [2.05, 4.69) is 187 Å². The zero-order chi connectivity index (χ0) is 34.8. The maximum absolute atomic E-state index is 2.53. The minimum Gasteiger partial charge on any atom is -0.309 e. The predicted octanol–water partition coefficient (Wildman–Crippen LogP) is 14.0. The first-order valence-corrected chi connectivity index (χ1v) is 17.7. The van der Waals surface area contributed by atoms with Crippen LogP contribution in [0.5, 0.6) is 0 Å². The van der Waals surface area contributed by atoms with E-state index >= 15 is 0 Å². The first kappa shape index (κ1) is 31.7. The molecule has 0 unspecified atom stereocenters. The van der Waals surface area contributed by atoms with Crippen LogP contribution in [0.15, 0.2) is 121 Å². The van der Waals surface area contributed by atoms with Gasteiger partial charge in [-0.2, -0.15) is 0 Å². The second-order valence-electron chi connectivity index (χ2n) is 14.2. The molecule has 2 heteroatoms. The summed E-state index contributed by atoms with van der Waals surface area (Å²) in [7, 11) is 0. The maximum Gasteiger partial charge on any atom is 0.0541 e. The normalized spacial score (nSPS) is 11.6. The van der Waals surface area contributed by atoms with Crippen molar-refractivity contribution in [3.63, 3.8) is 0 Å². The van der Waals surface area contributed by atoms with Gasteiger partial charge in [-0.25, -0.2) is 0 Å². The molecule has 246 valence electrons. The van der Waals surface area contributed by atoms with Crippen LogP contribution in [0, 0.1) is 55.4 Å². The van der Waals surface area contributed by atoms with Gasteiger partial charge in [-0.3, -0.25) is 0 Å². The van der Waals surface area contributed by atoms with E-state index in [0.717, 1.165) is 0 Å². The van der Waals surface area contributed by atoms with Crippen LogP contribution < -0.4 is 9.80 Å². The van der Waals surface area contributed by atoms with Crippen LogP contribution in [0.4, 0.5) is 34.1 Å². The Kier molecular flexibility index (Phi) is 7.64. The van der Waals surface area contributed by atoms with E-state index < -0.39 is 0 Å². The van der Waals surface area contributed by atoms with Crippen molar-refractivity contribution in [2.75, 3.05) is 9.80 Å². The average Bonchev–Trinajstić information content (AvgIpc) is 3.09. The molecule has 0 fully saturated rings. The molecule has 2 nitrogen and oxygen atoms in total. The molecule has 0 radical (unpaired) electrons. The second kappa shape index (κ2) is 12.1. The minimum atomic E-state index is 1.20. The Labute approximate surface area is 296 Å². The van der Waals surface area contributed by atoms with Crippen molar-refractivity contribution in [1.29, 1.82) is 0 Å². The number of nitrogens with zero attached hydrogens (tertiary/aromatic N) is 2. The van der Waals surface area contributed by atoms with Gasteiger partial charge < -0.3 is 9.80 Å². The highest BCUT2D eigenvalue weighted by Crippen LogP contribution is 2.50. The third kappa shape index (κ3) is 4.85. The topological polar surface area (TPSA) is 6.48 Å². The van der Waals surface area contributed by atoms with Crippen molar-refractivity contribution < 1.29 is 0 Å². The molecular weight excluding hydrogens is 605 g/mol. The van der Waals surface area contributed by atoms with E-state index in [1.165, 1.54) is 111 Å². The number of anilines is 6. The fourth-order valence-corrected chi connectivity index (χ4v) is 8.50. The highest BCUT2D eigenvalue weighted by molar-refractivity contribution is 6.28. The number of benzene rings is 8. The summed E-state index contributed by atoms with van der Waals surface area (Å²) in [6, 6.07) is 45.2. The summed E-state index contributed by atoms with van der Waals surface area (Å²) in [5.74, 6) is 0. The first-order chi connectivity index (χ1) is 24.2. The lowest BCUT2D eigenvalue weighted by Gasteiger charge is -2.33. The van der Waals surface area contributed by atoms with Crippen LogP contribution in [-0.4, -0.2) is 0 Å². The number of para-hydroxylation sites is 4. The van der Waals surface area contributed by atoms with E-state index in [9.17, 15) is 0 Å². The lowest BCUT2D eigenvalue weighted by molar-refractivity contribution is 1.19. The summed E-state index contributed by atoms with van der Waals surface area (Å²) in [5.41, 5.74) is 17.5. The van der Waals surface area contributed by atoms with E-state index in [0.29, 0.717) is 0 Å². The number of hydrogen-bond acceptors (Lipinski definition) is 2. The Morgan fingerprint density at radius 2 is 0.520 bits per heavy atom. The van der Waals surface area contributed by atoms with Crippen molar-refractivity contribution in [1.82, 2.24) is 0 Å². The maximum atomic E-state index is 2.53. The third-order valence-corrected chi connectivity index (χ3v) is 10.8. The zero-order valence-corrected chi connectivity index (χ0v) is 30.4. The molecular formula is C48H44N2. The van der Waals surface area contributed by atoms with Gasteiger partial charge in [-0.1, -0.05) is 109 Å². The monoisotopic (exact) mass is 648 g/mol. The summed E-state index contributed by atoms with van der Waals surface area (Å²) in [4.78, 5) is 5.06. The van der Waals surface area contributed by atoms with Crippen molar-refractivity contribution in [2.45, 2.75) is 55.4 Å². The SMILES string of the molecule is Cc1cccc(C)c1N(c1c(C)cccc1C)c1ccc2ccc3c(N(c4c(C)cccc4C)c4c(C)cccc4C)ccc4ccc1c2c43. The summed E-state index contributed by atoms with van der Waals surface area (Å²) < 4.78 is 0. The van der Waals surface area contributed by atoms with Crippen molar-refractivity contribution in [3.8, 4) is 0 Å². The van der Waals surface area contributed by atoms with Gasteiger partial charge in [-0.15, -0.1) is 0 Å². The molecule has 0 amide bonds. The predicted molar refractivity (Wildman–Crippen MR) is 217 cm³/mol. The van der Waals surface area contributed by atoms with Gasteiger partial charge in [0, 0.05) is 10.8 Å². The molecule has 50 heavy (non-hydrogen) atoms. The second-order valence-corrected chi connectivity index (χ2v) is 14.2. The van der Waals surface area contributed by atoms with E-state index in [1.54, 1.807) is 0 Å². The molecule has 8 aromatic rings. The van der Waals surface area contributed by atoms with Crippen LogP contribution in [0.2, 0.25) is 0 Å². The van der Waals surface area contributed by atoms with E-state index in [4.69, 9.17) is 0 Å². The molecule has 0 aliphatic carbocycles. The minimum absolute atomic E-state index is 1.20. The summed E-state index contributed by atoms with van der Waals surface area (Å²) in [5, 5.41) is 7.65. The molecule has 0 aromatic heterocycles. The van der Waals surface area contributed by atoms with Gasteiger partial charge in [0.2, 0.25) is 0 Å². The smallest absolute Gasteiger partial charge is 0.0541 e. The quantitative estimate of drug-likeness (QED) is 0.166. The molecule has 8 rings (SSSR count). The lowest BCUT2D eigenvalue weighted by Crippen LogP contribution is -2.16. The van der Waals surface area contributed by atoms with E-state index in [1.807, 2.05) is 0 Å². The highest BCUT2D eigenvalue weighted by atomic mass is 15.2. The van der Waals surface area contributed by atoms with Gasteiger partial charge in [0.05, 0.1) is 34.1 Å². The molecule has 8 aromatic carbocycles. The Hall–Kier alpha value is -5.60. The van der Waals surface area contributed by atoms with Crippen molar-refractivity contribution >= 4 is 66.4 Å². The van der Waals surface area contributed by atoms with Crippen LogP contribution in [0.3, 0.4) is 0 Å². The van der Waals surface area contributed by atoms with Gasteiger partial charge in [0.25, 0.3) is 0 Å². The Bertz CT molecular complexity index is 2230. The van der Waals surface area contributed by atoms with Gasteiger partial charge >= 0.3 is 0 Å². The largest absolute Gasteiger partial charge is 0.309 e. The van der Waals surface area contributed by atoms with Crippen molar-refractivity contribution in [2.24, 2.45) is 0 Å². The highest BCUT2D eigenvalue weighted by Gasteiger charge is 2.26. The number of rotatable bonds is 6. The Morgan fingerprint density at radius 3 is 0.780 bits per heavy atom. The number of aryl methyl sites for hydroxylation is 8. The third-order valence-electron chi connectivity index (χ3n) is 10.8. The molecule has 0 bridgehead atoms. The fraction of sp³-hybridized carbons (Fsp3) is 0.167. The van der Waals surface area contributed by atoms with Crippen LogP contribution in [0.25, 0.3) is 32.3 Å². The van der Waals surface area contributed by atoms with E-state index in [-0.39, 0.29) is 0 Å². The van der Waals surface area contributed by atoms with Crippen molar-refractivity contribution in [3.05, 3.63) is 166 Å². The molecule has 0 aliphatic rings. The summed E-state index contributed by atoms with van der Waals surface area (Å²) in [6.07, 6.45) is 0.